The molecule has 1 saturated heterocycles. The third kappa shape index (κ3) is 1.82. The SMILES string of the molecule is [2H]N1C(C(C)(C)C)C=C2NC3=C(CN(C4COC4)C3=O)C(=O)N21. The maximum absolute atomic E-state index is 12.8. The van der Waals surface area contributed by atoms with Gasteiger partial charge < -0.3 is 15.0 Å². The molecule has 4 aliphatic rings. The molecule has 118 valence electrons. The molecule has 4 rings (SSSR count). The minimum absolute atomic E-state index is 0.0425. The topological polar surface area (TPSA) is 73.9 Å². The number of nitrogens with zero attached hydrogens (tertiary/aromatic N) is 2. The van der Waals surface area contributed by atoms with Crippen molar-refractivity contribution in [2.24, 2.45) is 5.41 Å². The summed E-state index contributed by atoms with van der Waals surface area (Å²) in [5.74, 6) is 0.0597. The van der Waals surface area contributed by atoms with Crippen LogP contribution in [0, 0.1) is 5.41 Å². The number of amides is 2. The Morgan fingerprint density at radius 3 is 2.64 bits per heavy atom. The monoisotopic (exact) mass is 305 g/mol. The van der Waals surface area contributed by atoms with Crippen LogP contribution in [0.5, 0.6) is 0 Å². The van der Waals surface area contributed by atoms with E-state index in [-0.39, 0.29) is 35.9 Å². The lowest BCUT2D eigenvalue weighted by atomic mass is 9.87. The van der Waals surface area contributed by atoms with Crippen molar-refractivity contribution >= 4 is 11.8 Å². The summed E-state index contributed by atoms with van der Waals surface area (Å²) >= 11 is 0. The number of rotatable bonds is 1. The van der Waals surface area contributed by atoms with Crippen LogP contribution in [-0.4, -0.2) is 53.6 Å². The zero-order valence-corrected chi connectivity index (χ0v) is 12.9. The van der Waals surface area contributed by atoms with Crippen molar-refractivity contribution in [2.75, 3.05) is 19.8 Å². The summed E-state index contributed by atoms with van der Waals surface area (Å²) in [6, 6.07) is -0.193. The molecule has 0 bridgehead atoms. The normalized spacial score (nSPS) is 30.0. The second kappa shape index (κ2) is 4.33. The van der Waals surface area contributed by atoms with Gasteiger partial charge in [-0.2, -0.15) is 0 Å². The van der Waals surface area contributed by atoms with E-state index in [0.29, 0.717) is 30.3 Å². The van der Waals surface area contributed by atoms with E-state index >= 15 is 0 Å². The standard InChI is InChI=1S/C15H20N4O3/c1-15(2,3)10-4-11-16-12-9(13(20)19(11)17-10)5-18(14(12)21)8-6-22-7-8/h4,8,10,16-17H,5-7H2,1-3H3/i/hD. The van der Waals surface area contributed by atoms with Gasteiger partial charge in [-0.3, -0.25) is 9.59 Å². The van der Waals surface area contributed by atoms with E-state index in [9.17, 15) is 9.59 Å². The van der Waals surface area contributed by atoms with E-state index < -0.39 is 0 Å². The molecule has 0 aromatic heterocycles. The highest BCUT2D eigenvalue weighted by Crippen LogP contribution is 2.33. The van der Waals surface area contributed by atoms with Gasteiger partial charge in [0.25, 0.3) is 11.8 Å². The van der Waals surface area contributed by atoms with Gasteiger partial charge in [-0.25, -0.2) is 10.4 Å². The molecular weight excluding hydrogens is 284 g/mol. The van der Waals surface area contributed by atoms with Crippen LogP contribution in [0.1, 0.15) is 20.8 Å². The maximum atomic E-state index is 12.8. The quantitative estimate of drug-likeness (QED) is 0.695. The summed E-state index contributed by atoms with van der Waals surface area (Å²) < 4.78 is 13.4. The van der Waals surface area contributed by atoms with Gasteiger partial charge in [0, 0.05) is 0 Å². The first kappa shape index (κ1) is 12.7. The fourth-order valence-electron chi connectivity index (χ4n) is 2.97. The van der Waals surface area contributed by atoms with Crippen LogP contribution in [0.15, 0.2) is 23.2 Å². The Morgan fingerprint density at radius 1 is 1.32 bits per heavy atom. The minimum Gasteiger partial charge on any atom is -0.377 e. The van der Waals surface area contributed by atoms with E-state index in [1.807, 2.05) is 26.8 Å². The number of hydrazine groups is 1. The highest BCUT2D eigenvalue weighted by Gasteiger charge is 2.47. The number of carbonyl (C=O) groups excluding carboxylic acids is 2. The number of ether oxygens (including phenoxy) is 1. The third-order valence-electron chi connectivity index (χ3n) is 4.54. The maximum Gasteiger partial charge on any atom is 0.274 e. The van der Waals surface area contributed by atoms with Crippen LogP contribution in [0.25, 0.3) is 0 Å². The molecular formula is C15H20N4O3. The van der Waals surface area contributed by atoms with Crippen LogP contribution >= 0.6 is 0 Å². The van der Waals surface area contributed by atoms with E-state index in [1.54, 1.807) is 4.90 Å². The van der Waals surface area contributed by atoms with Gasteiger partial charge in [0.1, 0.15) is 12.9 Å². The Morgan fingerprint density at radius 2 is 2.05 bits per heavy atom. The largest absolute Gasteiger partial charge is 0.377 e. The molecule has 7 heteroatoms. The van der Waals surface area contributed by atoms with Crippen molar-refractivity contribution in [3.8, 4) is 0 Å². The molecule has 22 heavy (non-hydrogen) atoms. The van der Waals surface area contributed by atoms with Crippen molar-refractivity contribution in [2.45, 2.75) is 32.9 Å². The molecule has 4 heterocycles. The van der Waals surface area contributed by atoms with Crippen molar-refractivity contribution < 1.29 is 15.7 Å². The summed E-state index contributed by atoms with van der Waals surface area (Å²) in [5.41, 5.74) is 1.80. The van der Waals surface area contributed by atoms with Gasteiger partial charge in [-0.15, -0.1) is 0 Å². The zero-order chi connectivity index (χ0) is 16.5. The molecule has 7 nitrogen and oxygen atoms in total. The number of nitrogens with one attached hydrogen (secondary N) is 2. The second-order valence-corrected chi connectivity index (χ2v) is 7.20. The summed E-state index contributed by atoms with van der Waals surface area (Å²) in [6.45, 7) is 7.37. The fraction of sp³-hybridized carbons (Fsp3) is 0.600. The van der Waals surface area contributed by atoms with Gasteiger partial charge in [-0.1, -0.05) is 20.8 Å². The van der Waals surface area contributed by atoms with Gasteiger partial charge in [-0.05, 0) is 11.5 Å². The van der Waals surface area contributed by atoms with Crippen LogP contribution in [0.2, 0.25) is 1.41 Å². The van der Waals surface area contributed by atoms with Crippen LogP contribution in [0.3, 0.4) is 0 Å². The van der Waals surface area contributed by atoms with Crippen LogP contribution < -0.4 is 10.7 Å². The van der Waals surface area contributed by atoms with Crippen molar-refractivity contribution in [3.05, 3.63) is 23.2 Å². The molecule has 2 amide bonds. The predicted octanol–water partition coefficient (Wildman–Crippen LogP) is -0.312. The van der Waals surface area contributed by atoms with Gasteiger partial charge in [0.05, 0.1) is 37.4 Å². The van der Waals surface area contributed by atoms with Crippen LogP contribution in [-0.2, 0) is 14.3 Å². The van der Waals surface area contributed by atoms with E-state index in [2.05, 4.69) is 5.32 Å². The summed E-state index contributed by atoms with van der Waals surface area (Å²) in [6.07, 6.45) is 1.84. The summed E-state index contributed by atoms with van der Waals surface area (Å²) in [4.78, 5) is 27.0. The molecule has 0 aromatic rings. The molecule has 4 aliphatic heterocycles. The van der Waals surface area contributed by atoms with Crippen molar-refractivity contribution in [3.63, 3.8) is 0 Å². The van der Waals surface area contributed by atoms with E-state index in [1.165, 1.54) is 10.4 Å². The Balaban J connectivity index is 1.64. The first-order chi connectivity index (χ1) is 10.8. The number of fused-ring (bicyclic) bond motifs is 1. The van der Waals surface area contributed by atoms with E-state index in [4.69, 9.17) is 6.15 Å². The van der Waals surface area contributed by atoms with Gasteiger partial charge in [0.2, 0.25) is 0 Å². The number of hydrogen-bond acceptors (Lipinski definition) is 5. The lowest BCUT2D eigenvalue weighted by Gasteiger charge is -2.34. The highest BCUT2D eigenvalue weighted by molar-refractivity contribution is 6.10. The first-order valence-electron chi connectivity index (χ1n) is 7.97. The average Bonchev–Trinajstić information content (AvgIpc) is 2.89. The lowest BCUT2D eigenvalue weighted by molar-refractivity contribution is -0.137. The minimum atomic E-state index is -0.289. The molecule has 0 spiro atoms. The Bertz CT molecular complexity index is 662. The summed E-state index contributed by atoms with van der Waals surface area (Å²) in [7, 11) is 0. The smallest absolute Gasteiger partial charge is 0.274 e. The highest BCUT2D eigenvalue weighted by atomic mass is 16.5. The molecule has 1 unspecified atom stereocenters. The van der Waals surface area contributed by atoms with Gasteiger partial charge in [0.15, 0.2) is 0 Å². The second-order valence-electron chi connectivity index (χ2n) is 7.20. The molecule has 1 fully saturated rings. The summed E-state index contributed by atoms with van der Waals surface area (Å²) in [5, 5.41) is 4.40. The molecule has 1 atom stereocenters. The molecule has 0 aromatic carbocycles. The number of carbonyl (C=O) groups is 2. The van der Waals surface area contributed by atoms with Gasteiger partial charge >= 0.3 is 0 Å². The Hall–Kier alpha value is -1.86. The third-order valence-corrected chi connectivity index (χ3v) is 4.54. The van der Waals surface area contributed by atoms with Crippen LogP contribution in [0.4, 0.5) is 0 Å². The zero-order valence-electron chi connectivity index (χ0n) is 13.9. The predicted molar refractivity (Wildman–Crippen MR) is 77.8 cm³/mol. The molecule has 2 N–H and O–H groups in total. The number of hydrogen-bond donors (Lipinski definition) is 2. The molecule has 0 saturated carbocycles. The van der Waals surface area contributed by atoms with Crippen molar-refractivity contribution in [1.82, 2.24) is 20.6 Å². The Kier molecular flexibility index (Phi) is 2.49. The van der Waals surface area contributed by atoms with Crippen molar-refractivity contribution in [1.29, 1.82) is 0 Å². The Labute approximate surface area is 130 Å². The first-order valence-corrected chi connectivity index (χ1v) is 7.52. The van der Waals surface area contributed by atoms with E-state index in [0.717, 1.165) is 0 Å². The molecule has 0 aliphatic carbocycles. The lowest BCUT2D eigenvalue weighted by Crippen LogP contribution is -2.50. The molecule has 0 radical (unpaired) electrons. The average molecular weight is 305 g/mol. The fourth-order valence-corrected chi connectivity index (χ4v) is 2.97.